The molecule has 2 fully saturated rings. The van der Waals surface area contributed by atoms with Crippen LogP contribution in [0.2, 0.25) is 0 Å². The molecule has 2 saturated heterocycles. The van der Waals surface area contributed by atoms with Gasteiger partial charge in [-0.25, -0.2) is 8.42 Å². The number of nitrogens with zero attached hydrogens (tertiary/aromatic N) is 1. The van der Waals surface area contributed by atoms with Gasteiger partial charge in [0.1, 0.15) is 9.84 Å². The van der Waals surface area contributed by atoms with Gasteiger partial charge in [-0.3, -0.25) is 4.90 Å². The van der Waals surface area contributed by atoms with Crippen LogP contribution in [-0.2, 0) is 22.9 Å². The molecule has 0 aliphatic carbocycles. The van der Waals surface area contributed by atoms with Crippen molar-refractivity contribution in [3.63, 3.8) is 0 Å². The zero-order chi connectivity index (χ0) is 18.6. The fourth-order valence-electron chi connectivity index (χ4n) is 4.19. The molecule has 2 aliphatic rings. The highest BCUT2D eigenvalue weighted by Gasteiger charge is 2.27. The van der Waals surface area contributed by atoms with E-state index < -0.39 is 9.84 Å². The van der Waals surface area contributed by atoms with Gasteiger partial charge < -0.3 is 5.32 Å². The topological polar surface area (TPSA) is 49.4 Å². The molecule has 1 aromatic rings. The summed E-state index contributed by atoms with van der Waals surface area (Å²) in [5.41, 5.74) is 2.80. The summed E-state index contributed by atoms with van der Waals surface area (Å²) in [6.07, 6.45) is 4.21. The normalized spacial score (nSPS) is 23.8. The van der Waals surface area contributed by atoms with E-state index in [4.69, 9.17) is 0 Å². The third-order valence-corrected chi connectivity index (χ3v) is 8.02. The van der Waals surface area contributed by atoms with Crippen molar-refractivity contribution in [1.82, 2.24) is 10.2 Å². The van der Waals surface area contributed by atoms with Crippen LogP contribution >= 0.6 is 0 Å². The maximum absolute atomic E-state index is 11.6. The molecule has 26 heavy (non-hydrogen) atoms. The molecule has 5 heteroatoms. The minimum Gasteiger partial charge on any atom is -0.310 e. The van der Waals surface area contributed by atoms with E-state index in [0.29, 0.717) is 23.5 Å². The van der Waals surface area contributed by atoms with Gasteiger partial charge in [-0.05, 0) is 68.7 Å². The molecule has 3 rings (SSSR count). The summed E-state index contributed by atoms with van der Waals surface area (Å²) in [6.45, 7) is 8.88. The molecular weight excluding hydrogens is 344 g/mol. The SMILES string of the molecule is CC1CCN(Cc2ccccc2CNC(C)C2CCS(=O)(=O)CC2)CC1. The highest BCUT2D eigenvalue weighted by atomic mass is 32.2. The molecule has 0 bridgehead atoms. The predicted octanol–water partition coefficient (Wildman–Crippen LogP) is 3.22. The zero-order valence-electron chi connectivity index (χ0n) is 16.3. The van der Waals surface area contributed by atoms with E-state index in [1.54, 1.807) is 0 Å². The summed E-state index contributed by atoms with van der Waals surface area (Å²) in [7, 11) is -2.78. The van der Waals surface area contributed by atoms with Crippen molar-refractivity contribution in [2.75, 3.05) is 24.6 Å². The number of sulfone groups is 1. The van der Waals surface area contributed by atoms with Crippen LogP contribution in [-0.4, -0.2) is 44.0 Å². The van der Waals surface area contributed by atoms with Crippen molar-refractivity contribution in [2.24, 2.45) is 11.8 Å². The van der Waals surface area contributed by atoms with Gasteiger partial charge in [0.2, 0.25) is 0 Å². The molecular formula is C21H34N2O2S. The Morgan fingerprint density at radius 3 is 2.35 bits per heavy atom. The average molecular weight is 379 g/mol. The summed E-state index contributed by atoms with van der Waals surface area (Å²) in [4.78, 5) is 2.58. The first-order valence-electron chi connectivity index (χ1n) is 10.2. The van der Waals surface area contributed by atoms with E-state index >= 15 is 0 Å². The lowest BCUT2D eigenvalue weighted by atomic mass is 9.94. The van der Waals surface area contributed by atoms with Gasteiger partial charge in [0.25, 0.3) is 0 Å². The summed E-state index contributed by atoms with van der Waals surface area (Å²) in [6, 6.07) is 9.10. The minimum absolute atomic E-state index is 0.355. The second-order valence-corrected chi connectivity index (χ2v) is 10.7. The van der Waals surface area contributed by atoms with Crippen LogP contribution in [0, 0.1) is 11.8 Å². The minimum atomic E-state index is -2.78. The van der Waals surface area contributed by atoms with E-state index in [0.717, 1.165) is 31.8 Å². The smallest absolute Gasteiger partial charge is 0.150 e. The van der Waals surface area contributed by atoms with Crippen LogP contribution in [0.1, 0.15) is 50.7 Å². The number of likely N-dealkylation sites (tertiary alicyclic amines) is 1. The van der Waals surface area contributed by atoms with Crippen molar-refractivity contribution >= 4 is 9.84 Å². The van der Waals surface area contributed by atoms with E-state index in [2.05, 4.69) is 48.3 Å². The monoisotopic (exact) mass is 378 g/mol. The number of rotatable bonds is 6. The Kier molecular flexibility index (Phi) is 6.76. The van der Waals surface area contributed by atoms with Crippen molar-refractivity contribution in [1.29, 1.82) is 0 Å². The van der Waals surface area contributed by atoms with Crippen LogP contribution in [0.25, 0.3) is 0 Å². The maximum Gasteiger partial charge on any atom is 0.150 e. The Balaban J connectivity index is 1.53. The molecule has 1 N–H and O–H groups in total. The van der Waals surface area contributed by atoms with Crippen molar-refractivity contribution < 1.29 is 8.42 Å². The summed E-state index contributed by atoms with van der Waals surface area (Å²) >= 11 is 0. The lowest BCUT2D eigenvalue weighted by Crippen LogP contribution is -2.38. The van der Waals surface area contributed by atoms with Crippen LogP contribution < -0.4 is 5.32 Å². The second kappa shape index (κ2) is 8.85. The first-order valence-corrected chi connectivity index (χ1v) is 12.0. The van der Waals surface area contributed by atoms with Gasteiger partial charge in [-0.1, -0.05) is 31.2 Å². The number of nitrogens with one attached hydrogen (secondary N) is 1. The molecule has 0 spiro atoms. The van der Waals surface area contributed by atoms with E-state index in [-0.39, 0.29) is 0 Å². The van der Waals surface area contributed by atoms with Gasteiger partial charge in [-0.2, -0.15) is 0 Å². The lowest BCUT2D eigenvalue weighted by Gasteiger charge is -2.31. The molecule has 2 aliphatic heterocycles. The summed E-state index contributed by atoms with van der Waals surface area (Å²) in [5.74, 6) is 2.04. The lowest BCUT2D eigenvalue weighted by molar-refractivity contribution is 0.184. The average Bonchev–Trinajstić information content (AvgIpc) is 2.62. The van der Waals surface area contributed by atoms with Crippen LogP contribution in [0.5, 0.6) is 0 Å². The van der Waals surface area contributed by atoms with Crippen LogP contribution in [0.4, 0.5) is 0 Å². The molecule has 0 amide bonds. The van der Waals surface area contributed by atoms with Gasteiger partial charge in [-0.15, -0.1) is 0 Å². The Bertz CT molecular complexity index is 667. The van der Waals surface area contributed by atoms with Crippen LogP contribution in [0.3, 0.4) is 0 Å². The number of hydrogen-bond donors (Lipinski definition) is 1. The summed E-state index contributed by atoms with van der Waals surface area (Å²) < 4.78 is 23.3. The van der Waals surface area contributed by atoms with Gasteiger partial charge in [0, 0.05) is 19.1 Å². The molecule has 2 heterocycles. The van der Waals surface area contributed by atoms with Crippen molar-refractivity contribution in [3.05, 3.63) is 35.4 Å². The molecule has 0 saturated carbocycles. The zero-order valence-corrected chi connectivity index (χ0v) is 17.1. The Hall–Kier alpha value is -0.910. The number of piperidine rings is 1. The van der Waals surface area contributed by atoms with Gasteiger partial charge >= 0.3 is 0 Å². The third kappa shape index (κ3) is 5.54. The Morgan fingerprint density at radius 1 is 1.08 bits per heavy atom. The van der Waals surface area contributed by atoms with E-state index in [9.17, 15) is 8.42 Å². The first-order chi connectivity index (χ1) is 12.4. The number of benzene rings is 1. The van der Waals surface area contributed by atoms with Crippen molar-refractivity contribution in [3.8, 4) is 0 Å². The molecule has 1 atom stereocenters. The number of hydrogen-bond acceptors (Lipinski definition) is 4. The largest absolute Gasteiger partial charge is 0.310 e. The molecule has 4 nitrogen and oxygen atoms in total. The van der Waals surface area contributed by atoms with Crippen LogP contribution in [0.15, 0.2) is 24.3 Å². The maximum atomic E-state index is 11.6. The summed E-state index contributed by atoms with van der Waals surface area (Å²) in [5, 5.41) is 3.67. The van der Waals surface area contributed by atoms with Gasteiger partial charge in [0.05, 0.1) is 11.5 Å². The highest BCUT2D eigenvalue weighted by molar-refractivity contribution is 7.91. The quantitative estimate of drug-likeness (QED) is 0.826. The third-order valence-electron chi connectivity index (χ3n) is 6.31. The Labute approximate surface area is 159 Å². The van der Waals surface area contributed by atoms with Gasteiger partial charge in [0.15, 0.2) is 0 Å². The highest BCUT2D eigenvalue weighted by Crippen LogP contribution is 2.23. The molecule has 0 aromatic heterocycles. The van der Waals surface area contributed by atoms with E-state index in [1.807, 2.05) is 0 Å². The Morgan fingerprint density at radius 2 is 1.69 bits per heavy atom. The fourth-order valence-corrected chi connectivity index (χ4v) is 5.72. The molecule has 0 radical (unpaired) electrons. The molecule has 1 aromatic carbocycles. The molecule has 146 valence electrons. The predicted molar refractivity (Wildman–Crippen MR) is 108 cm³/mol. The molecule has 1 unspecified atom stereocenters. The van der Waals surface area contributed by atoms with Crippen molar-refractivity contribution in [2.45, 2.75) is 58.7 Å². The van der Waals surface area contributed by atoms with E-state index in [1.165, 1.54) is 37.1 Å². The first kappa shape index (κ1) is 19.8. The second-order valence-electron chi connectivity index (χ2n) is 8.39. The fraction of sp³-hybridized carbons (Fsp3) is 0.714. The standard InChI is InChI=1S/C21H34N2O2S/c1-17-7-11-23(12-8-17)16-21-6-4-3-5-20(21)15-22-18(2)19-9-13-26(24,25)14-10-19/h3-6,17-19,22H,7-16H2,1-2H3.